The Balaban J connectivity index is 1.64. The van der Waals surface area contributed by atoms with E-state index in [1.54, 1.807) is 31.3 Å². The molecule has 0 saturated carbocycles. The monoisotopic (exact) mass is 441 g/mol. The van der Waals surface area contributed by atoms with Gasteiger partial charge in [0.1, 0.15) is 0 Å². The van der Waals surface area contributed by atoms with Crippen LogP contribution in [0, 0.1) is 11.3 Å². The SMILES string of the molecule is COc1ccc(N2CSC3=C(C#N)C(c4ccc(Cl)cc4)CC(=O)N3C2)cc1OC. The van der Waals surface area contributed by atoms with Crippen LogP contribution in [0.5, 0.6) is 11.5 Å². The zero-order valence-corrected chi connectivity index (χ0v) is 18.2. The number of nitrogens with zero attached hydrogens (tertiary/aromatic N) is 3. The summed E-state index contributed by atoms with van der Waals surface area (Å²) in [7, 11) is 3.19. The second kappa shape index (κ2) is 8.50. The van der Waals surface area contributed by atoms with E-state index in [0.29, 0.717) is 34.6 Å². The third-order valence-electron chi connectivity index (χ3n) is 5.30. The Hall–Kier alpha value is -2.82. The highest BCUT2D eigenvalue weighted by Gasteiger charge is 2.38. The zero-order valence-electron chi connectivity index (χ0n) is 16.6. The highest BCUT2D eigenvalue weighted by atomic mass is 35.5. The summed E-state index contributed by atoms with van der Waals surface area (Å²) < 4.78 is 10.7. The van der Waals surface area contributed by atoms with E-state index in [-0.39, 0.29) is 18.2 Å². The Kier molecular flexibility index (Phi) is 5.80. The fraction of sp³-hybridized carbons (Fsp3) is 0.273. The Labute approximate surface area is 184 Å². The van der Waals surface area contributed by atoms with Crippen LogP contribution in [0.2, 0.25) is 5.02 Å². The van der Waals surface area contributed by atoms with Gasteiger partial charge in [0, 0.05) is 29.1 Å². The third kappa shape index (κ3) is 3.69. The lowest BCUT2D eigenvalue weighted by Gasteiger charge is -2.42. The van der Waals surface area contributed by atoms with Gasteiger partial charge in [0.15, 0.2) is 11.5 Å². The van der Waals surface area contributed by atoms with Crippen LogP contribution in [0.15, 0.2) is 53.1 Å². The minimum atomic E-state index is -0.244. The molecule has 1 amide bonds. The summed E-state index contributed by atoms with van der Waals surface area (Å²) in [5, 5.41) is 11.3. The lowest BCUT2D eigenvalue weighted by molar-refractivity contribution is -0.129. The van der Waals surface area contributed by atoms with E-state index in [9.17, 15) is 10.1 Å². The number of carbonyl (C=O) groups excluding carboxylic acids is 1. The van der Waals surface area contributed by atoms with Crippen LogP contribution < -0.4 is 14.4 Å². The van der Waals surface area contributed by atoms with E-state index >= 15 is 0 Å². The van der Waals surface area contributed by atoms with Gasteiger partial charge >= 0.3 is 0 Å². The Morgan fingerprint density at radius 2 is 1.87 bits per heavy atom. The number of ether oxygens (including phenoxy) is 2. The largest absolute Gasteiger partial charge is 0.493 e. The number of carbonyl (C=O) groups is 1. The molecular weight excluding hydrogens is 422 g/mol. The molecule has 2 aromatic rings. The van der Waals surface area contributed by atoms with Gasteiger partial charge in [0.05, 0.1) is 43.4 Å². The van der Waals surface area contributed by atoms with Crippen LogP contribution >= 0.6 is 23.4 Å². The second-order valence-corrected chi connectivity index (χ2v) is 8.32. The summed E-state index contributed by atoms with van der Waals surface area (Å²) in [4.78, 5) is 16.8. The van der Waals surface area contributed by atoms with Crippen LogP contribution in [0.3, 0.4) is 0 Å². The lowest BCUT2D eigenvalue weighted by atomic mass is 9.86. The molecule has 2 aliphatic heterocycles. The molecule has 1 saturated heterocycles. The fourth-order valence-electron chi connectivity index (χ4n) is 3.73. The minimum Gasteiger partial charge on any atom is -0.493 e. The molecule has 0 bridgehead atoms. The number of rotatable bonds is 4. The normalized spacial score (nSPS) is 18.7. The van der Waals surface area contributed by atoms with Gasteiger partial charge < -0.3 is 14.4 Å². The number of thioether (sulfide) groups is 1. The van der Waals surface area contributed by atoms with Crippen molar-refractivity contribution in [2.75, 3.05) is 31.7 Å². The van der Waals surface area contributed by atoms with E-state index < -0.39 is 0 Å². The summed E-state index contributed by atoms with van der Waals surface area (Å²) in [6.45, 7) is 0.384. The summed E-state index contributed by atoms with van der Waals surface area (Å²) in [6.07, 6.45) is 0.258. The number of benzene rings is 2. The molecule has 1 unspecified atom stereocenters. The Morgan fingerprint density at radius 1 is 1.13 bits per heavy atom. The van der Waals surface area contributed by atoms with Gasteiger partial charge in [-0.25, -0.2) is 0 Å². The van der Waals surface area contributed by atoms with Crippen molar-refractivity contribution in [3.8, 4) is 17.6 Å². The average Bonchev–Trinajstić information content (AvgIpc) is 2.78. The van der Waals surface area contributed by atoms with Gasteiger partial charge in [-0.1, -0.05) is 35.5 Å². The van der Waals surface area contributed by atoms with Gasteiger partial charge in [-0.2, -0.15) is 5.26 Å². The van der Waals surface area contributed by atoms with E-state index in [1.165, 1.54) is 11.8 Å². The van der Waals surface area contributed by atoms with Crippen molar-refractivity contribution < 1.29 is 14.3 Å². The quantitative estimate of drug-likeness (QED) is 0.692. The molecule has 0 N–H and O–H groups in total. The maximum Gasteiger partial charge on any atom is 0.229 e. The molecular formula is C22H20ClN3O3S. The number of halogens is 1. The first-order valence-electron chi connectivity index (χ1n) is 9.35. The van der Waals surface area contributed by atoms with Crippen molar-refractivity contribution in [3.63, 3.8) is 0 Å². The smallest absolute Gasteiger partial charge is 0.229 e. The molecule has 154 valence electrons. The van der Waals surface area contributed by atoms with E-state index in [0.717, 1.165) is 16.3 Å². The molecule has 0 spiro atoms. The molecule has 30 heavy (non-hydrogen) atoms. The zero-order chi connectivity index (χ0) is 21.3. The molecule has 0 aliphatic carbocycles. The molecule has 2 aliphatic rings. The van der Waals surface area contributed by atoms with Crippen LogP contribution in [0.1, 0.15) is 17.9 Å². The van der Waals surface area contributed by atoms with Crippen molar-refractivity contribution >= 4 is 35.0 Å². The number of hydrogen-bond donors (Lipinski definition) is 0. The summed E-state index contributed by atoms with van der Waals surface area (Å²) in [6, 6.07) is 15.4. The van der Waals surface area contributed by atoms with Gasteiger partial charge in [-0.05, 0) is 29.8 Å². The van der Waals surface area contributed by atoms with Gasteiger partial charge in [0.2, 0.25) is 5.91 Å². The summed E-state index contributed by atoms with van der Waals surface area (Å²) in [5.41, 5.74) is 2.48. The first-order chi connectivity index (χ1) is 14.5. The molecule has 1 fully saturated rings. The second-order valence-electron chi connectivity index (χ2n) is 6.95. The average molecular weight is 442 g/mol. The molecule has 2 aromatic carbocycles. The van der Waals surface area contributed by atoms with Crippen LogP contribution in [-0.4, -0.2) is 37.6 Å². The van der Waals surface area contributed by atoms with Gasteiger partial charge in [0.25, 0.3) is 0 Å². The Morgan fingerprint density at radius 3 is 2.53 bits per heavy atom. The highest BCUT2D eigenvalue weighted by molar-refractivity contribution is 8.03. The van der Waals surface area contributed by atoms with E-state index in [4.69, 9.17) is 21.1 Å². The maximum absolute atomic E-state index is 13.0. The molecule has 1 atom stereocenters. The van der Waals surface area contributed by atoms with Gasteiger partial charge in [-0.3, -0.25) is 9.69 Å². The fourth-order valence-corrected chi connectivity index (χ4v) is 5.02. The minimum absolute atomic E-state index is 0.00151. The van der Waals surface area contributed by atoms with E-state index in [2.05, 4.69) is 11.0 Å². The van der Waals surface area contributed by atoms with Crippen molar-refractivity contribution in [1.29, 1.82) is 5.26 Å². The standard InChI is InChI=1S/C22H20ClN3O3S/c1-28-19-8-7-16(9-20(19)29-2)25-12-26-21(27)10-17(14-3-5-15(23)6-4-14)18(11-24)22(26)30-13-25/h3-9,17H,10,12-13H2,1-2H3. The molecule has 4 rings (SSSR count). The number of methoxy groups -OCH3 is 2. The van der Waals surface area contributed by atoms with Gasteiger partial charge in [-0.15, -0.1) is 0 Å². The predicted molar refractivity (Wildman–Crippen MR) is 118 cm³/mol. The van der Waals surface area contributed by atoms with Crippen molar-refractivity contribution in [1.82, 2.24) is 4.90 Å². The number of hydrogen-bond acceptors (Lipinski definition) is 6. The molecule has 6 nitrogen and oxygen atoms in total. The van der Waals surface area contributed by atoms with Crippen molar-refractivity contribution in [3.05, 3.63) is 63.7 Å². The summed E-state index contributed by atoms with van der Waals surface area (Å²) >= 11 is 7.50. The summed E-state index contributed by atoms with van der Waals surface area (Å²) in [5.74, 6) is 1.66. The molecule has 2 heterocycles. The number of allylic oxidation sites excluding steroid dienone is 1. The van der Waals surface area contributed by atoms with Crippen LogP contribution in [-0.2, 0) is 4.79 Å². The molecule has 8 heteroatoms. The van der Waals surface area contributed by atoms with E-state index in [1.807, 2.05) is 30.3 Å². The maximum atomic E-state index is 13.0. The van der Waals surface area contributed by atoms with Crippen LogP contribution in [0.25, 0.3) is 0 Å². The first kappa shape index (κ1) is 20.5. The van der Waals surface area contributed by atoms with Crippen molar-refractivity contribution in [2.24, 2.45) is 0 Å². The number of fused-ring (bicyclic) bond motifs is 1. The van der Waals surface area contributed by atoms with Crippen LogP contribution in [0.4, 0.5) is 5.69 Å². The highest BCUT2D eigenvalue weighted by Crippen LogP contribution is 2.44. The lowest BCUT2D eigenvalue weighted by Crippen LogP contribution is -2.47. The number of amides is 1. The van der Waals surface area contributed by atoms with Crippen molar-refractivity contribution in [2.45, 2.75) is 12.3 Å². The number of nitriles is 1. The molecule has 0 radical (unpaired) electrons. The third-order valence-corrected chi connectivity index (χ3v) is 6.70. The number of anilines is 1. The predicted octanol–water partition coefficient (Wildman–Crippen LogP) is 4.58. The first-order valence-corrected chi connectivity index (χ1v) is 10.7. The topological polar surface area (TPSA) is 65.8 Å². The Bertz CT molecular complexity index is 1050. The molecule has 0 aromatic heterocycles.